The summed E-state index contributed by atoms with van der Waals surface area (Å²) in [6.45, 7) is 0.373. The highest BCUT2D eigenvalue weighted by atomic mass is 32.1. The molecular formula is C23H19N3O3S. The van der Waals surface area contributed by atoms with Crippen LogP contribution in [0.5, 0.6) is 5.75 Å². The molecule has 0 bridgehead atoms. The van der Waals surface area contributed by atoms with Crippen LogP contribution in [0.15, 0.2) is 83.3 Å². The summed E-state index contributed by atoms with van der Waals surface area (Å²) in [6, 6.07) is 24.6. The van der Waals surface area contributed by atoms with Crippen LogP contribution in [0.25, 0.3) is 22.6 Å². The Hall–Kier alpha value is -3.71. The Morgan fingerprint density at radius 3 is 2.47 bits per heavy atom. The van der Waals surface area contributed by atoms with Crippen molar-refractivity contribution in [3.63, 3.8) is 0 Å². The molecule has 0 aliphatic carbocycles. The van der Waals surface area contributed by atoms with Gasteiger partial charge in [-0.25, -0.2) is 4.98 Å². The molecular weight excluding hydrogens is 398 g/mol. The van der Waals surface area contributed by atoms with Crippen LogP contribution in [-0.2, 0) is 11.3 Å². The highest BCUT2D eigenvalue weighted by Crippen LogP contribution is 2.24. The zero-order valence-electron chi connectivity index (χ0n) is 16.0. The van der Waals surface area contributed by atoms with Gasteiger partial charge in [0.05, 0.1) is 0 Å². The number of oxazole rings is 1. The zero-order valence-corrected chi connectivity index (χ0v) is 16.8. The quantitative estimate of drug-likeness (QED) is 0.461. The summed E-state index contributed by atoms with van der Waals surface area (Å²) in [5.74, 6) is 0.894. The van der Waals surface area contributed by atoms with Crippen LogP contribution in [0, 0.1) is 0 Å². The molecule has 30 heavy (non-hydrogen) atoms. The number of benzene rings is 3. The first kappa shape index (κ1) is 19.6. The summed E-state index contributed by atoms with van der Waals surface area (Å²) in [5, 5.41) is 5.87. The number of para-hydroxylation sites is 3. The van der Waals surface area contributed by atoms with Gasteiger partial charge in [-0.15, -0.1) is 0 Å². The number of amides is 1. The van der Waals surface area contributed by atoms with Crippen molar-refractivity contribution in [1.82, 2.24) is 15.6 Å². The standard InChI is InChI=1S/C23H19N3O3S/c27-21(15-28-18-6-2-1-3-7-18)26-23(30)24-14-16-10-12-17(13-11-16)22-25-19-8-4-5-9-20(19)29-22/h1-13H,14-15H2,(H2,24,26,27,30). The molecule has 0 aliphatic rings. The summed E-state index contributed by atoms with van der Waals surface area (Å²) in [5.41, 5.74) is 3.49. The zero-order chi connectivity index (χ0) is 20.8. The fraction of sp³-hybridized carbons (Fsp3) is 0.0870. The lowest BCUT2D eigenvalue weighted by Gasteiger charge is -2.10. The number of carbonyl (C=O) groups is 1. The smallest absolute Gasteiger partial charge is 0.264 e. The first-order valence-electron chi connectivity index (χ1n) is 9.38. The van der Waals surface area contributed by atoms with Gasteiger partial charge in [-0.05, 0) is 54.2 Å². The first-order chi connectivity index (χ1) is 14.7. The molecule has 0 saturated carbocycles. The van der Waals surface area contributed by atoms with Gasteiger partial charge in [0.25, 0.3) is 5.91 Å². The predicted molar refractivity (Wildman–Crippen MR) is 119 cm³/mol. The van der Waals surface area contributed by atoms with Crippen LogP contribution in [0.1, 0.15) is 5.56 Å². The average Bonchev–Trinajstić information content (AvgIpc) is 3.22. The molecule has 150 valence electrons. The number of nitrogens with zero attached hydrogens (tertiary/aromatic N) is 1. The highest BCUT2D eigenvalue weighted by molar-refractivity contribution is 7.80. The Morgan fingerprint density at radius 1 is 0.967 bits per heavy atom. The topological polar surface area (TPSA) is 76.4 Å². The summed E-state index contributed by atoms with van der Waals surface area (Å²) in [4.78, 5) is 16.4. The third kappa shape index (κ3) is 5.01. The molecule has 0 aliphatic heterocycles. The third-order valence-electron chi connectivity index (χ3n) is 4.31. The monoisotopic (exact) mass is 417 g/mol. The van der Waals surface area contributed by atoms with Crippen LogP contribution in [0.3, 0.4) is 0 Å². The number of hydrogen-bond acceptors (Lipinski definition) is 5. The van der Waals surface area contributed by atoms with Crippen LogP contribution in [-0.4, -0.2) is 22.6 Å². The van der Waals surface area contributed by atoms with Crippen molar-refractivity contribution in [2.24, 2.45) is 0 Å². The third-order valence-corrected chi connectivity index (χ3v) is 4.56. The van der Waals surface area contributed by atoms with Gasteiger partial charge in [0, 0.05) is 12.1 Å². The van der Waals surface area contributed by atoms with E-state index in [1.807, 2.05) is 66.7 Å². The summed E-state index contributed by atoms with van der Waals surface area (Å²) >= 11 is 5.18. The van der Waals surface area contributed by atoms with Crippen molar-refractivity contribution in [1.29, 1.82) is 0 Å². The van der Waals surface area contributed by atoms with Gasteiger partial charge in [-0.2, -0.15) is 0 Å². The molecule has 6 nitrogen and oxygen atoms in total. The molecule has 0 atom stereocenters. The number of nitrogens with one attached hydrogen (secondary N) is 2. The van der Waals surface area contributed by atoms with E-state index in [9.17, 15) is 4.79 Å². The fourth-order valence-corrected chi connectivity index (χ4v) is 3.00. The number of thiocarbonyl (C=S) groups is 1. The van der Waals surface area contributed by atoms with E-state index in [1.54, 1.807) is 12.1 Å². The number of aromatic nitrogens is 1. The highest BCUT2D eigenvalue weighted by Gasteiger charge is 2.08. The number of hydrogen-bond donors (Lipinski definition) is 2. The molecule has 7 heteroatoms. The number of carbonyl (C=O) groups excluding carboxylic acids is 1. The van der Waals surface area contributed by atoms with Crippen LogP contribution >= 0.6 is 12.2 Å². The maximum absolute atomic E-state index is 11.9. The summed E-state index contributed by atoms with van der Waals surface area (Å²) < 4.78 is 11.2. The van der Waals surface area contributed by atoms with E-state index in [0.29, 0.717) is 18.2 Å². The fourth-order valence-electron chi connectivity index (χ4n) is 2.82. The largest absolute Gasteiger partial charge is 0.484 e. The maximum atomic E-state index is 11.9. The SMILES string of the molecule is O=C(COc1ccccc1)NC(=S)NCc1ccc(-c2nc3ccccc3o2)cc1. The van der Waals surface area contributed by atoms with Crippen LogP contribution < -0.4 is 15.4 Å². The van der Waals surface area contributed by atoms with E-state index in [0.717, 1.165) is 22.2 Å². The lowest BCUT2D eigenvalue weighted by Crippen LogP contribution is -2.41. The van der Waals surface area contributed by atoms with E-state index in [1.165, 1.54) is 0 Å². The molecule has 1 aromatic heterocycles. The van der Waals surface area contributed by atoms with E-state index in [-0.39, 0.29) is 17.6 Å². The van der Waals surface area contributed by atoms with E-state index in [4.69, 9.17) is 21.4 Å². The number of rotatable bonds is 6. The van der Waals surface area contributed by atoms with E-state index in [2.05, 4.69) is 15.6 Å². The van der Waals surface area contributed by atoms with Gasteiger partial charge >= 0.3 is 0 Å². The molecule has 2 N–H and O–H groups in total. The van der Waals surface area contributed by atoms with E-state index >= 15 is 0 Å². The predicted octanol–water partition coefficient (Wildman–Crippen LogP) is 4.06. The van der Waals surface area contributed by atoms with Crippen LogP contribution in [0.2, 0.25) is 0 Å². The number of fused-ring (bicyclic) bond motifs is 1. The summed E-state index contributed by atoms with van der Waals surface area (Å²) in [6.07, 6.45) is 0. The molecule has 4 rings (SSSR count). The van der Waals surface area contributed by atoms with E-state index < -0.39 is 0 Å². The van der Waals surface area contributed by atoms with Gasteiger partial charge in [0.1, 0.15) is 11.3 Å². The first-order valence-corrected chi connectivity index (χ1v) is 9.78. The Kier molecular flexibility index (Phi) is 6.01. The van der Waals surface area contributed by atoms with Crippen molar-refractivity contribution in [3.05, 3.63) is 84.4 Å². The molecule has 0 saturated heterocycles. The minimum absolute atomic E-state index is 0.106. The Labute approximate surface area is 178 Å². The van der Waals surface area contributed by atoms with Crippen LogP contribution in [0.4, 0.5) is 0 Å². The Balaban J connectivity index is 1.26. The molecule has 4 aromatic rings. The molecule has 3 aromatic carbocycles. The molecule has 0 radical (unpaired) electrons. The molecule has 0 fully saturated rings. The normalized spacial score (nSPS) is 10.5. The van der Waals surface area contributed by atoms with Gasteiger partial charge < -0.3 is 19.8 Å². The lowest BCUT2D eigenvalue weighted by molar-refractivity contribution is -0.121. The molecule has 1 amide bonds. The Bertz CT molecular complexity index is 1120. The van der Waals surface area contributed by atoms with Gasteiger partial charge in [-0.1, -0.05) is 42.5 Å². The van der Waals surface area contributed by atoms with Gasteiger partial charge in [0.2, 0.25) is 5.89 Å². The second kappa shape index (κ2) is 9.19. The lowest BCUT2D eigenvalue weighted by atomic mass is 10.1. The molecule has 0 unspecified atom stereocenters. The Morgan fingerprint density at radius 2 is 1.70 bits per heavy atom. The maximum Gasteiger partial charge on any atom is 0.264 e. The minimum Gasteiger partial charge on any atom is -0.484 e. The number of ether oxygens (including phenoxy) is 1. The van der Waals surface area contributed by atoms with Crippen molar-refractivity contribution < 1.29 is 13.9 Å². The minimum atomic E-state index is -0.317. The molecule has 0 spiro atoms. The second-order valence-electron chi connectivity index (χ2n) is 6.52. The molecule has 1 heterocycles. The second-order valence-corrected chi connectivity index (χ2v) is 6.92. The van der Waals surface area contributed by atoms with Crippen molar-refractivity contribution >= 4 is 34.3 Å². The summed E-state index contributed by atoms with van der Waals surface area (Å²) in [7, 11) is 0. The van der Waals surface area contributed by atoms with Gasteiger partial charge in [-0.3, -0.25) is 4.79 Å². The average molecular weight is 417 g/mol. The van der Waals surface area contributed by atoms with Crippen molar-refractivity contribution in [2.75, 3.05) is 6.61 Å². The van der Waals surface area contributed by atoms with Crippen molar-refractivity contribution in [3.8, 4) is 17.2 Å². The van der Waals surface area contributed by atoms with Crippen molar-refractivity contribution in [2.45, 2.75) is 6.54 Å². The van der Waals surface area contributed by atoms with Gasteiger partial charge in [0.15, 0.2) is 17.3 Å².